The molecule has 0 unspecified atom stereocenters. The number of benzene rings is 1. The van der Waals surface area contributed by atoms with Crippen molar-refractivity contribution in [2.45, 2.75) is 6.92 Å². The van der Waals surface area contributed by atoms with Crippen molar-refractivity contribution >= 4 is 40.9 Å². The predicted molar refractivity (Wildman–Crippen MR) is 89.1 cm³/mol. The summed E-state index contributed by atoms with van der Waals surface area (Å²) >= 11 is 11.8. The molecule has 8 heteroatoms. The van der Waals surface area contributed by atoms with E-state index in [9.17, 15) is 9.59 Å². The predicted octanol–water partition coefficient (Wildman–Crippen LogP) is 3.36. The summed E-state index contributed by atoms with van der Waals surface area (Å²) in [4.78, 5) is 27.8. The Kier molecular flexibility index (Phi) is 5.74. The number of esters is 1. The van der Waals surface area contributed by atoms with Gasteiger partial charge in [-0.2, -0.15) is 5.26 Å². The van der Waals surface area contributed by atoms with E-state index in [1.807, 2.05) is 6.07 Å². The van der Waals surface area contributed by atoms with E-state index < -0.39 is 18.5 Å². The Morgan fingerprint density at radius 1 is 1.29 bits per heavy atom. The zero-order chi connectivity index (χ0) is 17.7. The number of aromatic nitrogens is 1. The van der Waals surface area contributed by atoms with Crippen molar-refractivity contribution in [3.63, 3.8) is 0 Å². The van der Waals surface area contributed by atoms with Gasteiger partial charge in [0.1, 0.15) is 0 Å². The molecule has 1 aromatic heterocycles. The van der Waals surface area contributed by atoms with Crippen molar-refractivity contribution in [1.29, 1.82) is 5.26 Å². The number of aryl methyl sites for hydroxylation is 1. The van der Waals surface area contributed by atoms with Crippen LogP contribution in [-0.4, -0.2) is 23.5 Å². The molecule has 0 spiro atoms. The summed E-state index contributed by atoms with van der Waals surface area (Å²) < 4.78 is 4.90. The summed E-state index contributed by atoms with van der Waals surface area (Å²) in [6.07, 6.45) is 0. The van der Waals surface area contributed by atoms with Crippen LogP contribution in [0.15, 0.2) is 30.3 Å². The molecule has 0 saturated heterocycles. The van der Waals surface area contributed by atoms with E-state index in [0.717, 1.165) is 0 Å². The highest BCUT2D eigenvalue weighted by atomic mass is 35.5. The third-order valence-corrected chi connectivity index (χ3v) is 3.60. The van der Waals surface area contributed by atoms with Gasteiger partial charge in [-0.3, -0.25) is 4.79 Å². The third kappa shape index (κ3) is 4.44. The van der Waals surface area contributed by atoms with Gasteiger partial charge in [-0.1, -0.05) is 29.3 Å². The van der Waals surface area contributed by atoms with Gasteiger partial charge in [-0.25, -0.2) is 9.78 Å². The molecule has 0 atom stereocenters. The second kappa shape index (κ2) is 7.77. The fourth-order valence-corrected chi connectivity index (χ4v) is 2.15. The number of amides is 1. The summed E-state index contributed by atoms with van der Waals surface area (Å²) in [7, 11) is 0. The number of nitriles is 1. The molecule has 0 fully saturated rings. The summed E-state index contributed by atoms with van der Waals surface area (Å²) in [6, 6.07) is 9.34. The lowest BCUT2D eigenvalue weighted by Gasteiger charge is -2.09. The highest BCUT2D eigenvalue weighted by Crippen LogP contribution is 2.25. The molecular weight excluding hydrogens is 353 g/mol. The number of ether oxygens (including phenoxy) is 1. The summed E-state index contributed by atoms with van der Waals surface area (Å²) in [6.45, 7) is 1.14. The van der Waals surface area contributed by atoms with E-state index in [1.165, 1.54) is 18.2 Å². The number of anilines is 1. The molecule has 0 aliphatic carbocycles. The average molecular weight is 364 g/mol. The van der Waals surface area contributed by atoms with Gasteiger partial charge in [0.2, 0.25) is 0 Å². The fraction of sp³-hybridized carbons (Fsp3) is 0.125. The lowest BCUT2D eigenvalue weighted by atomic mass is 10.1. The second-order valence-electron chi connectivity index (χ2n) is 4.70. The summed E-state index contributed by atoms with van der Waals surface area (Å²) in [5, 5.41) is 11.8. The molecular formula is C16H11Cl2N3O3. The van der Waals surface area contributed by atoms with Gasteiger partial charge in [0.25, 0.3) is 5.91 Å². The fourth-order valence-electron chi connectivity index (χ4n) is 1.74. The van der Waals surface area contributed by atoms with Crippen LogP contribution in [0.5, 0.6) is 0 Å². The first-order chi connectivity index (χ1) is 11.4. The van der Waals surface area contributed by atoms with Gasteiger partial charge in [0.05, 0.1) is 32.9 Å². The Labute approximate surface area is 148 Å². The van der Waals surface area contributed by atoms with Gasteiger partial charge in [-0.15, -0.1) is 0 Å². The quantitative estimate of drug-likeness (QED) is 0.840. The number of carbonyl (C=O) groups excluding carboxylic acids is 2. The van der Waals surface area contributed by atoms with Gasteiger partial charge >= 0.3 is 5.97 Å². The zero-order valence-electron chi connectivity index (χ0n) is 12.5. The lowest BCUT2D eigenvalue weighted by Crippen LogP contribution is -2.21. The van der Waals surface area contributed by atoms with Gasteiger partial charge in [0, 0.05) is 0 Å². The molecule has 1 N–H and O–H groups in total. The van der Waals surface area contributed by atoms with Crippen LogP contribution in [0.3, 0.4) is 0 Å². The minimum absolute atomic E-state index is 0.131. The van der Waals surface area contributed by atoms with E-state index in [2.05, 4.69) is 10.3 Å². The highest BCUT2D eigenvalue weighted by Gasteiger charge is 2.13. The molecule has 0 aliphatic heterocycles. The number of carbonyl (C=O) groups is 2. The van der Waals surface area contributed by atoms with Gasteiger partial charge < -0.3 is 10.1 Å². The normalized spacial score (nSPS) is 9.92. The van der Waals surface area contributed by atoms with Crippen LogP contribution < -0.4 is 5.32 Å². The molecule has 0 bridgehead atoms. The maximum absolute atomic E-state index is 11.9. The first-order valence-electron chi connectivity index (χ1n) is 6.70. The van der Waals surface area contributed by atoms with Crippen LogP contribution in [-0.2, 0) is 9.53 Å². The van der Waals surface area contributed by atoms with E-state index in [4.69, 9.17) is 33.2 Å². The molecule has 1 heterocycles. The van der Waals surface area contributed by atoms with Crippen LogP contribution in [0.25, 0.3) is 0 Å². The monoisotopic (exact) mass is 363 g/mol. The molecule has 2 aromatic rings. The molecule has 24 heavy (non-hydrogen) atoms. The van der Waals surface area contributed by atoms with E-state index in [1.54, 1.807) is 19.1 Å². The van der Waals surface area contributed by atoms with Crippen molar-refractivity contribution in [1.82, 2.24) is 4.98 Å². The molecule has 2 rings (SSSR count). The summed E-state index contributed by atoms with van der Waals surface area (Å²) in [5.41, 5.74) is 1.00. The number of hydrogen-bond acceptors (Lipinski definition) is 5. The largest absolute Gasteiger partial charge is 0.452 e. The number of nitrogens with zero attached hydrogens (tertiary/aromatic N) is 2. The van der Waals surface area contributed by atoms with Crippen LogP contribution in [0.4, 0.5) is 5.82 Å². The minimum atomic E-state index is -0.714. The molecule has 1 amide bonds. The molecule has 0 radical (unpaired) electrons. The zero-order valence-corrected chi connectivity index (χ0v) is 14.0. The highest BCUT2D eigenvalue weighted by molar-refractivity contribution is 6.36. The van der Waals surface area contributed by atoms with Gasteiger partial charge in [0.15, 0.2) is 12.4 Å². The maximum atomic E-state index is 11.9. The smallest absolute Gasteiger partial charge is 0.338 e. The minimum Gasteiger partial charge on any atom is -0.452 e. The Balaban J connectivity index is 1.97. The number of pyridine rings is 1. The SMILES string of the molecule is Cc1nc(NC(=O)COC(=O)c2cccc(C#N)c2)c(Cl)cc1Cl. The van der Waals surface area contributed by atoms with Crippen LogP contribution in [0.1, 0.15) is 21.6 Å². The van der Waals surface area contributed by atoms with Crippen molar-refractivity contribution < 1.29 is 14.3 Å². The molecule has 0 saturated carbocycles. The molecule has 6 nitrogen and oxygen atoms in total. The van der Waals surface area contributed by atoms with Crippen molar-refractivity contribution in [2.24, 2.45) is 0 Å². The molecule has 0 aliphatic rings. The topological polar surface area (TPSA) is 92.1 Å². The number of hydrogen-bond donors (Lipinski definition) is 1. The Morgan fingerprint density at radius 3 is 2.75 bits per heavy atom. The Bertz CT molecular complexity index is 847. The van der Waals surface area contributed by atoms with Crippen LogP contribution in [0, 0.1) is 18.3 Å². The standard InChI is InChI=1S/C16H11Cl2N3O3/c1-9-12(17)6-13(18)15(20-9)21-14(22)8-24-16(23)11-4-2-3-10(5-11)7-19/h2-6H,8H2,1H3,(H,20,21,22). The number of halogens is 2. The first kappa shape index (κ1) is 17.7. The molecule has 122 valence electrons. The lowest BCUT2D eigenvalue weighted by molar-refractivity contribution is -0.119. The summed E-state index contributed by atoms with van der Waals surface area (Å²) in [5.74, 6) is -1.18. The Hall–Kier alpha value is -2.62. The average Bonchev–Trinajstić information content (AvgIpc) is 2.57. The van der Waals surface area contributed by atoms with Crippen molar-refractivity contribution in [2.75, 3.05) is 11.9 Å². The Morgan fingerprint density at radius 2 is 2.04 bits per heavy atom. The van der Waals surface area contributed by atoms with E-state index >= 15 is 0 Å². The van der Waals surface area contributed by atoms with E-state index in [0.29, 0.717) is 16.3 Å². The number of rotatable bonds is 4. The van der Waals surface area contributed by atoms with Crippen molar-refractivity contribution in [3.05, 3.63) is 57.2 Å². The van der Waals surface area contributed by atoms with Gasteiger partial charge in [-0.05, 0) is 31.2 Å². The van der Waals surface area contributed by atoms with Crippen LogP contribution >= 0.6 is 23.2 Å². The van der Waals surface area contributed by atoms with E-state index in [-0.39, 0.29) is 16.4 Å². The third-order valence-electron chi connectivity index (χ3n) is 2.92. The molecule has 1 aromatic carbocycles. The first-order valence-corrected chi connectivity index (χ1v) is 7.46. The maximum Gasteiger partial charge on any atom is 0.338 e. The van der Waals surface area contributed by atoms with Crippen molar-refractivity contribution in [3.8, 4) is 6.07 Å². The number of nitrogens with one attached hydrogen (secondary N) is 1. The van der Waals surface area contributed by atoms with Crippen LogP contribution in [0.2, 0.25) is 10.0 Å². The second-order valence-corrected chi connectivity index (χ2v) is 5.52.